The number of unbranched alkanes of at least 4 members (excludes halogenated alkanes) is 2. The minimum Gasteiger partial charge on any atom is -0.385 e. The third kappa shape index (κ3) is 7.22. The normalized spacial score (nSPS) is 10.3. The zero-order chi connectivity index (χ0) is 16.2. The van der Waals surface area contributed by atoms with Gasteiger partial charge in [-0.3, -0.25) is 9.59 Å². The predicted molar refractivity (Wildman–Crippen MR) is 88.0 cm³/mol. The van der Waals surface area contributed by atoms with Gasteiger partial charge >= 0.3 is 0 Å². The van der Waals surface area contributed by atoms with Crippen molar-refractivity contribution in [1.82, 2.24) is 5.32 Å². The molecule has 0 bridgehead atoms. The van der Waals surface area contributed by atoms with Crippen LogP contribution in [0.2, 0.25) is 0 Å². The van der Waals surface area contributed by atoms with E-state index in [1.165, 1.54) is 0 Å². The van der Waals surface area contributed by atoms with Gasteiger partial charge in [-0.25, -0.2) is 0 Å². The van der Waals surface area contributed by atoms with E-state index in [1.807, 2.05) is 0 Å². The Kier molecular flexibility index (Phi) is 8.91. The highest BCUT2D eigenvalue weighted by Crippen LogP contribution is 2.12. The summed E-state index contributed by atoms with van der Waals surface area (Å²) in [5.74, 6) is -0.149. The molecule has 1 rings (SSSR count). The van der Waals surface area contributed by atoms with Crippen LogP contribution in [0, 0.1) is 0 Å². The number of rotatable bonds is 10. The van der Waals surface area contributed by atoms with E-state index in [-0.39, 0.29) is 11.8 Å². The van der Waals surface area contributed by atoms with Gasteiger partial charge in [0, 0.05) is 37.9 Å². The van der Waals surface area contributed by atoms with Crippen molar-refractivity contribution in [1.29, 1.82) is 0 Å². The van der Waals surface area contributed by atoms with Gasteiger partial charge in [-0.05, 0) is 31.0 Å². The molecule has 2 amide bonds. The minimum atomic E-state index is -0.141. The fraction of sp³-hybridized carbons (Fsp3) is 0.529. The molecule has 0 radical (unpaired) electrons. The van der Waals surface area contributed by atoms with Gasteiger partial charge in [0.2, 0.25) is 5.91 Å². The third-order valence-corrected chi connectivity index (χ3v) is 3.23. The summed E-state index contributed by atoms with van der Waals surface area (Å²) in [6, 6.07) is 6.99. The molecular weight excluding hydrogens is 280 g/mol. The predicted octanol–water partition coefficient (Wildman–Crippen LogP) is 2.97. The van der Waals surface area contributed by atoms with Gasteiger partial charge in [0.25, 0.3) is 5.91 Å². The number of hydrogen-bond acceptors (Lipinski definition) is 3. The number of benzene rings is 1. The third-order valence-electron chi connectivity index (χ3n) is 3.23. The largest absolute Gasteiger partial charge is 0.385 e. The second-order valence-corrected chi connectivity index (χ2v) is 5.19. The molecule has 0 unspecified atom stereocenters. The lowest BCUT2D eigenvalue weighted by molar-refractivity contribution is -0.116. The molecule has 5 nitrogen and oxygen atoms in total. The zero-order valence-corrected chi connectivity index (χ0v) is 13.5. The summed E-state index contributed by atoms with van der Waals surface area (Å²) in [5.41, 5.74) is 1.20. The Bertz CT molecular complexity index is 475. The highest BCUT2D eigenvalue weighted by Gasteiger charge is 2.07. The van der Waals surface area contributed by atoms with E-state index in [0.29, 0.717) is 30.8 Å². The Labute approximate surface area is 132 Å². The Hall–Kier alpha value is -1.88. The number of amides is 2. The monoisotopic (exact) mass is 306 g/mol. The molecule has 1 aromatic rings. The summed E-state index contributed by atoms with van der Waals surface area (Å²) in [5, 5.41) is 5.66. The lowest BCUT2D eigenvalue weighted by atomic mass is 10.1. The van der Waals surface area contributed by atoms with Crippen molar-refractivity contribution in [3.63, 3.8) is 0 Å². The van der Waals surface area contributed by atoms with Crippen molar-refractivity contribution >= 4 is 17.5 Å². The van der Waals surface area contributed by atoms with Crippen molar-refractivity contribution in [3.05, 3.63) is 29.8 Å². The molecule has 5 heteroatoms. The number of carbonyl (C=O) groups excluding carboxylic acids is 2. The number of methoxy groups -OCH3 is 1. The molecule has 0 saturated heterocycles. The van der Waals surface area contributed by atoms with Crippen LogP contribution in [0.5, 0.6) is 0 Å². The van der Waals surface area contributed by atoms with Crippen LogP contribution in [0.4, 0.5) is 5.69 Å². The van der Waals surface area contributed by atoms with Crippen molar-refractivity contribution < 1.29 is 14.3 Å². The van der Waals surface area contributed by atoms with Gasteiger partial charge in [-0.2, -0.15) is 0 Å². The summed E-state index contributed by atoms with van der Waals surface area (Å²) in [4.78, 5) is 23.8. The second kappa shape index (κ2) is 10.8. The molecule has 1 aromatic carbocycles. The van der Waals surface area contributed by atoms with Crippen LogP contribution in [0.1, 0.15) is 49.4 Å². The lowest BCUT2D eigenvalue weighted by Gasteiger charge is -2.08. The molecule has 0 aliphatic rings. The number of nitrogens with one attached hydrogen (secondary N) is 2. The maximum Gasteiger partial charge on any atom is 0.251 e. The van der Waals surface area contributed by atoms with E-state index in [9.17, 15) is 9.59 Å². The van der Waals surface area contributed by atoms with E-state index < -0.39 is 0 Å². The first kappa shape index (κ1) is 18.2. The number of ether oxygens (including phenoxy) is 1. The molecule has 0 aliphatic heterocycles. The van der Waals surface area contributed by atoms with Crippen LogP contribution in [0.15, 0.2) is 24.3 Å². The molecule has 2 N–H and O–H groups in total. The fourth-order valence-corrected chi connectivity index (χ4v) is 2.02. The molecule has 22 heavy (non-hydrogen) atoms. The highest BCUT2D eigenvalue weighted by molar-refractivity contribution is 5.97. The molecule has 0 atom stereocenters. The number of carbonyl (C=O) groups is 2. The van der Waals surface area contributed by atoms with Gasteiger partial charge in [0.05, 0.1) is 0 Å². The van der Waals surface area contributed by atoms with E-state index in [4.69, 9.17) is 4.74 Å². The van der Waals surface area contributed by atoms with Gasteiger partial charge in [0.15, 0.2) is 0 Å². The fourth-order valence-electron chi connectivity index (χ4n) is 2.02. The molecule has 0 fully saturated rings. The molecule has 122 valence electrons. The van der Waals surface area contributed by atoms with Gasteiger partial charge in [-0.1, -0.05) is 25.8 Å². The first-order valence-corrected chi connectivity index (χ1v) is 7.84. The van der Waals surface area contributed by atoms with Crippen LogP contribution >= 0.6 is 0 Å². The van der Waals surface area contributed by atoms with Crippen LogP contribution < -0.4 is 10.6 Å². The lowest BCUT2D eigenvalue weighted by Crippen LogP contribution is -2.25. The molecular formula is C17H26N2O3. The average Bonchev–Trinajstić information content (AvgIpc) is 2.52. The maximum absolute atomic E-state index is 12.0. The quantitative estimate of drug-likeness (QED) is 0.653. The number of anilines is 1. The molecule has 0 aromatic heterocycles. The minimum absolute atomic E-state index is 0.00824. The summed E-state index contributed by atoms with van der Waals surface area (Å²) in [7, 11) is 1.63. The van der Waals surface area contributed by atoms with E-state index in [1.54, 1.807) is 31.4 Å². The Balaban J connectivity index is 2.47. The average molecular weight is 306 g/mol. The summed E-state index contributed by atoms with van der Waals surface area (Å²) in [6.45, 7) is 3.29. The van der Waals surface area contributed by atoms with E-state index in [0.717, 1.165) is 25.7 Å². The highest BCUT2D eigenvalue weighted by atomic mass is 16.5. The zero-order valence-electron chi connectivity index (χ0n) is 13.5. The van der Waals surface area contributed by atoms with Gasteiger partial charge < -0.3 is 15.4 Å². The van der Waals surface area contributed by atoms with Crippen LogP contribution in [0.3, 0.4) is 0 Å². The summed E-state index contributed by atoms with van der Waals surface area (Å²) >= 11 is 0. The van der Waals surface area contributed by atoms with Crippen LogP contribution in [-0.2, 0) is 9.53 Å². The van der Waals surface area contributed by atoms with Crippen molar-refractivity contribution in [2.75, 3.05) is 25.6 Å². The molecule has 0 aliphatic carbocycles. The first-order chi connectivity index (χ1) is 10.7. The van der Waals surface area contributed by atoms with Crippen LogP contribution in [-0.4, -0.2) is 32.1 Å². The SMILES string of the molecule is CCCCCC(=O)Nc1cccc(C(=O)NCCCOC)c1. The summed E-state index contributed by atoms with van der Waals surface area (Å²) < 4.78 is 4.93. The van der Waals surface area contributed by atoms with Crippen molar-refractivity contribution in [3.8, 4) is 0 Å². The second-order valence-electron chi connectivity index (χ2n) is 5.19. The Morgan fingerprint density at radius 3 is 2.73 bits per heavy atom. The van der Waals surface area contributed by atoms with Crippen LogP contribution in [0.25, 0.3) is 0 Å². The standard InChI is InChI=1S/C17H26N2O3/c1-3-4-5-10-16(20)19-15-9-6-8-14(13-15)17(21)18-11-7-12-22-2/h6,8-9,13H,3-5,7,10-12H2,1-2H3,(H,18,21)(H,19,20). The molecule has 0 spiro atoms. The van der Waals surface area contributed by atoms with E-state index >= 15 is 0 Å². The van der Waals surface area contributed by atoms with Gasteiger partial charge in [-0.15, -0.1) is 0 Å². The molecule has 0 saturated carbocycles. The summed E-state index contributed by atoms with van der Waals surface area (Å²) in [6.07, 6.45) is 4.32. The van der Waals surface area contributed by atoms with E-state index in [2.05, 4.69) is 17.6 Å². The first-order valence-electron chi connectivity index (χ1n) is 7.84. The Morgan fingerprint density at radius 1 is 1.18 bits per heavy atom. The Morgan fingerprint density at radius 2 is 2.00 bits per heavy atom. The number of hydrogen-bond donors (Lipinski definition) is 2. The van der Waals surface area contributed by atoms with Crippen molar-refractivity contribution in [2.45, 2.75) is 39.0 Å². The topological polar surface area (TPSA) is 67.4 Å². The molecule has 0 heterocycles. The van der Waals surface area contributed by atoms with Gasteiger partial charge in [0.1, 0.15) is 0 Å². The smallest absolute Gasteiger partial charge is 0.251 e. The maximum atomic E-state index is 12.0. The van der Waals surface area contributed by atoms with Crippen molar-refractivity contribution in [2.24, 2.45) is 0 Å².